The molecule has 0 radical (unpaired) electrons. The Balaban J connectivity index is 2.87. The van der Waals surface area contributed by atoms with E-state index in [1.54, 1.807) is 7.05 Å². The molecule has 4 heteroatoms. The molecule has 0 amide bonds. The topological polar surface area (TPSA) is 21.3 Å². The maximum absolute atomic E-state index is 13.4. The highest BCUT2D eigenvalue weighted by molar-refractivity contribution is 5.26. The number of ether oxygens (including phenoxy) is 1. The molecule has 0 aliphatic rings. The largest absolute Gasteiger partial charge is 0.380 e. The van der Waals surface area contributed by atoms with E-state index in [0.29, 0.717) is 18.5 Å². The highest BCUT2D eigenvalue weighted by Crippen LogP contribution is 2.16. The third kappa shape index (κ3) is 3.25. The second-order valence-electron chi connectivity index (χ2n) is 3.32. The van der Waals surface area contributed by atoms with E-state index in [-0.39, 0.29) is 12.2 Å². The van der Waals surface area contributed by atoms with Gasteiger partial charge in [0.05, 0.1) is 6.61 Å². The molecular weight excluding hydrogens is 200 g/mol. The van der Waals surface area contributed by atoms with Crippen LogP contribution < -0.4 is 5.32 Å². The Morgan fingerprint density at radius 3 is 2.33 bits per heavy atom. The molecule has 1 rings (SSSR count). The van der Waals surface area contributed by atoms with E-state index in [2.05, 4.69) is 5.32 Å². The van der Waals surface area contributed by atoms with Crippen molar-refractivity contribution in [2.45, 2.75) is 13.0 Å². The van der Waals surface area contributed by atoms with Gasteiger partial charge in [-0.2, -0.15) is 0 Å². The second-order valence-corrected chi connectivity index (χ2v) is 3.32. The summed E-state index contributed by atoms with van der Waals surface area (Å²) in [4.78, 5) is 0. The Morgan fingerprint density at radius 2 is 1.87 bits per heavy atom. The Kier molecular flexibility index (Phi) is 4.65. The predicted octanol–water partition coefficient (Wildman–Crippen LogP) is 1.87. The normalized spacial score (nSPS) is 10.7. The summed E-state index contributed by atoms with van der Waals surface area (Å²) in [7, 11) is 3.21. The van der Waals surface area contributed by atoms with Crippen LogP contribution in [0.15, 0.2) is 12.1 Å². The zero-order valence-corrected chi connectivity index (χ0v) is 8.94. The fourth-order valence-electron chi connectivity index (χ4n) is 1.35. The molecule has 0 fully saturated rings. The maximum atomic E-state index is 13.4. The number of hydrogen-bond acceptors (Lipinski definition) is 2. The van der Waals surface area contributed by atoms with Gasteiger partial charge in [-0.25, -0.2) is 8.78 Å². The molecule has 84 valence electrons. The first-order valence-corrected chi connectivity index (χ1v) is 4.79. The van der Waals surface area contributed by atoms with Crippen molar-refractivity contribution in [3.05, 3.63) is 34.9 Å². The van der Waals surface area contributed by atoms with Crippen molar-refractivity contribution in [3.63, 3.8) is 0 Å². The summed E-state index contributed by atoms with van der Waals surface area (Å²) in [5.41, 5.74) is 0.643. The number of rotatable bonds is 5. The van der Waals surface area contributed by atoms with Gasteiger partial charge in [-0.05, 0) is 37.7 Å². The highest BCUT2D eigenvalue weighted by Gasteiger charge is 2.10. The van der Waals surface area contributed by atoms with E-state index in [9.17, 15) is 8.78 Å². The van der Waals surface area contributed by atoms with Gasteiger partial charge in [0.15, 0.2) is 0 Å². The van der Waals surface area contributed by atoms with E-state index in [1.165, 1.54) is 19.2 Å². The van der Waals surface area contributed by atoms with Gasteiger partial charge in [-0.1, -0.05) is 0 Å². The lowest BCUT2D eigenvalue weighted by atomic mass is 10.1. The van der Waals surface area contributed by atoms with Gasteiger partial charge >= 0.3 is 0 Å². The van der Waals surface area contributed by atoms with Gasteiger partial charge in [0.1, 0.15) is 11.6 Å². The van der Waals surface area contributed by atoms with Gasteiger partial charge in [-0.3, -0.25) is 0 Å². The molecule has 0 aliphatic carbocycles. The van der Waals surface area contributed by atoms with E-state index in [4.69, 9.17) is 4.74 Å². The van der Waals surface area contributed by atoms with Crippen LogP contribution in [-0.2, 0) is 17.8 Å². The molecule has 0 aromatic heterocycles. The summed E-state index contributed by atoms with van der Waals surface area (Å²) in [5, 5.41) is 2.93. The standard InChI is InChI=1S/C11H15F2NO/c1-14-4-3-8-5-10(12)9(7-15-2)11(13)6-8/h5-6,14H,3-4,7H2,1-2H3. The van der Waals surface area contributed by atoms with Gasteiger partial charge in [0.25, 0.3) is 0 Å². The number of halogens is 2. The first-order chi connectivity index (χ1) is 7.19. The molecule has 0 aliphatic heterocycles. The summed E-state index contributed by atoms with van der Waals surface area (Å²) >= 11 is 0. The number of methoxy groups -OCH3 is 1. The Labute approximate surface area is 88.3 Å². The lowest BCUT2D eigenvalue weighted by molar-refractivity contribution is 0.177. The Morgan fingerprint density at radius 1 is 1.27 bits per heavy atom. The van der Waals surface area contributed by atoms with Crippen LogP contribution in [0.2, 0.25) is 0 Å². The van der Waals surface area contributed by atoms with Crippen LogP contribution in [0.1, 0.15) is 11.1 Å². The van der Waals surface area contributed by atoms with Gasteiger partial charge in [0, 0.05) is 12.7 Å². The van der Waals surface area contributed by atoms with E-state index in [1.807, 2.05) is 0 Å². The van der Waals surface area contributed by atoms with E-state index >= 15 is 0 Å². The van der Waals surface area contributed by atoms with Crippen LogP contribution in [0.3, 0.4) is 0 Å². The van der Waals surface area contributed by atoms with Crippen molar-refractivity contribution in [2.24, 2.45) is 0 Å². The van der Waals surface area contributed by atoms with Crippen LogP contribution in [0.5, 0.6) is 0 Å². The monoisotopic (exact) mass is 215 g/mol. The minimum Gasteiger partial charge on any atom is -0.380 e. The van der Waals surface area contributed by atoms with E-state index < -0.39 is 11.6 Å². The summed E-state index contributed by atoms with van der Waals surface area (Å²) in [5.74, 6) is -1.08. The van der Waals surface area contributed by atoms with Crippen molar-refractivity contribution in [2.75, 3.05) is 20.7 Å². The quantitative estimate of drug-likeness (QED) is 0.809. The molecule has 1 aromatic rings. The van der Waals surface area contributed by atoms with Crippen LogP contribution in [0, 0.1) is 11.6 Å². The molecular formula is C11H15F2NO. The molecule has 0 heterocycles. The summed E-state index contributed by atoms with van der Waals surface area (Å²) in [6.45, 7) is 0.659. The summed E-state index contributed by atoms with van der Waals surface area (Å²) in [6, 6.07) is 2.71. The van der Waals surface area contributed by atoms with Crippen LogP contribution in [0.4, 0.5) is 8.78 Å². The van der Waals surface area contributed by atoms with Gasteiger partial charge < -0.3 is 10.1 Å². The Bertz CT molecular complexity index is 305. The molecule has 1 aromatic carbocycles. The van der Waals surface area contributed by atoms with Crippen LogP contribution >= 0.6 is 0 Å². The fraction of sp³-hybridized carbons (Fsp3) is 0.455. The highest BCUT2D eigenvalue weighted by atomic mass is 19.1. The number of benzene rings is 1. The van der Waals surface area contributed by atoms with Crippen LogP contribution in [0.25, 0.3) is 0 Å². The maximum Gasteiger partial charge on any atom is 0.131 e. The van der Waals surface area contributed by atoms with Gasteiger partial charge in [-0.15, -0.1) is 0 Å². The fourth-order valence-corrected chi connectivity index (χ4v) is 1.35. The molecule has 0 unspecified atom stereocenters. The lowest BCUT2D eigenvalue weighted by Gasteiger charge is -2.07. The predicted molar refractivity (Wildman–Crippen MR) is 54.7 cm³/mol. The minimum absolute atomic E-state index is 0.00860. The van der Waals surface area contributed by atoms with Crippen LogP contribution in [-0.4, -0.2) is 20.7 Å². The molecule has 2 nitrogen and oxygen atoms in total. The molecule has 0 saturated carbocycles. The molecule has 0 saturated heterocycles. The average molecular weight is 215 g/mol. The third-order valence-electron chi connectivity index (χ3n) is 2.15. The SMILES string of the molecule is CNCCc1cc(F)c(COC)c(F)c1. The Hall–Kier alpha value is -1.00. The first kappa shape index (κ1) is 12.1. The third-order valence-corrected chi connectivity index (χ3v) is 2.15. The van der Waals surface area contributed by atoms with Crippen molar-refractivity contribution in [3.8, 4) is 0 Å². The summed E-state index contributed by atoms with van der Waals surface area (Å²) < 4.78 is 31.5. The number of likely N-dealkylation sites (N-methyl/N-ethyl adjacent to an activating group) is 1. The number of nitrogens with one attached hydrogen (secondary N) is 1. The van der Waals surface area contributed by atoms with Gasteiger partial charge in [0.2, 0.25) is 0 Å². The average Bonchev–Trinajstić information content (AvgIpc) is 2.20. The smallest absolute Gasteiger partial charge is 0.131 e. The molecule has 1 N–H and O–H groups in total. The number of hydrogen-bond donors (Lipinski definition) is 1. The second kappa shape index (κ2) is 5.78. The molecule has 0 spiro atoms. The summed E-state index contributed by atoms with van der Waals surface area (Å²) in [6.07, 6.45) is 0.609. The van der Waals surface area contributed by atoms with Crippen molar-refractivity contribution in [1.29, 1.82) is 0 Å². The molecule has 0 atom stereocenters. The van der Waals surface area contributed by atoms with E-state index in [0.717, 1.165) is 0 Å². The zero-order valence-electron chi connectivity index (χ0n) is 8.94. The lowest BCUT2D eigenvalue weighted by Crippen LogP contribution is -2.11. The van der Waals surface area contributed by atoms with Crippen molar-refractivity contribution in [1.82, 2.24) is 5.32 Å². The first-order valence-electron chi connectivity index (χ1n) is 4.79. The molecule has 15 heavy (non-hydrogen) atoms. The van der Waals surface area contributed by atoms with Crippen molar-refractivity contribution >= 4 is 0 Å². The molecule has 0 bridgehead atoms. The minimum atomic E-state index is -0.539. The zero-order chi connectivity index (χ0) is 11.3. The van der Waals surface area contributed by atoms with Crippen molar-refractivity contribution < 1.29 is 13.5 Å².